The molecule has 6 rings (SSSR count). The number of benzene rings is 2. The van der Waals surface area contributed by atoms with Crippen molar-refractivity contribution in [3.05, 3.63) is 84.4 Å². The lowest BCUT2D eigenvalue weighted by molar-refractivity contribution is 0.401. The van der Waals surface area contributed by atoms with Crippen LogP contribution in [0.5, 0.6) is 0 Å². The lowest BCUT2D eigenvalue weighted by Gasteiger charge is -2.32. The van der Waals surface area contributed by atoms with Gasteiger partial charge in [0, 0.05) is 13.1 Å². The third-order valence-corrected chi connectivity index (χ3v) is 6.65. The summed E-state index contributed by atoms with van der Waals surface area (Å²) in [5.74, 6) is 1.91. The van der Waals surface area contributed by atoms with Gasteiger partial charge >= 0.3 is 0 Å². The van der Waals surface area contributed by atoms with E-state index in [1.165, 1.54) is 17.7 Å². The Kier molecular flexibility index (Phi) is 5.41. The van der Waals surface area contributed by atoms with Crippen LogP contribution in [-0.2, 0) is 6.42 Å². The molecule has 1 saturated heterocycles. The highest BCUT2D eigenvalue weighted by molar-refractivity contribution is 5.98. The number of hydrogen-bond donors (Lipinski definition) is 1. The smallest absolute Gasteiger partial charge is 0.228 e. The minimum absolute atomic E-state index is 0.321. The molecule has 1 fully saturated rings. The van der Waals surface area contributed by atoms with Crippen LogP contribution in [0.25, 0.3) is 28.2 Å². The normalized spacial score (nSPS) is 14.6. The summed E-state index contributed by atoms with van der Waals surface area (Å²) in [6, 6.07) is 20.3. The Hall–Kier alpha value is -4.20. The Morgan fingerprint density at radius 1 is 0.943 bits per heavy atom. The van der Waals surface area contributed by atoms with Crippen LogP contribution in [0.15, 0.2) is 77.4 Å². The average molecular weight is 469 g/mol. The van der Waals surface area contributed by atoms with Crippen LogP contribution in [0.4, 0.5) is 16.2 Å². The van der Waals surface area contributed by atoms with Gasteiger partial charge in [0.05, 0.1) is 17.3 Å². The van der Waals surface area contributed by atoms with Gasteiger partial charge < -0.3 is 15.1 Å². The number of nitrogens with zero attached hydrogens (tertiary/aromatic N) is 5. The molecule has 35 heavy (non-hydrogen) atoms. The SMILES string of the molecule is Nc1c2c(-c3ccco3)nc(N3CCC(Cc4ccccc4)CC3)nc2nn1-c1ccc(F)cc1. The van der Waals surface area contributed by atoms with Gasteiger partial charge in [0.2, 0.25) is 5.95 Å². The highest BCUT2D eigenvalue weighted by Crippen LogP contribution is 2.34. The van der Waals surface area contributed by atoms with Gasteiger partial charge in [0.1, 0.15) is 17.3 Å². The van der Waals surface area contributed by atoms with Gasteiger partial charge in [0.15, 0.2) is 11.4 Å². The van der Waals surface area contributed by atoms with Gasteiger partial charge in [-0.2, -0.15) is 4.98 Å². The molecule has 0 radical (unpaired) electrons. The van der Waals surface area contributed by atoms with Crippen molar-refractivity contribution in [2.75, 3.05) is 23.7 Å². The van der Waals surface area contributed by atoms with Gasteiger partial charge in [-0.15, -0.1) is 5.10 Å². The maximum atomic E-state index is 13.5. The zero-order valence-electron chi connectivity index (χ0n) is 19.1. The fraction of sp³-hybridized carbons (Fsp3) is 0.222. The van der Waals surface area contributed by atoms with Crippen LogP contribution in [-0.4, -0.2) is 32.8 Å². The van der Waals surface area contributed by atoms with Gasteiger partial charge in [-0.1, -0.05) is 30.3 Å². The van der Waals surface area contributed by atoms with E-state index in [1.54, 1.807) is 23.1 Å². The second kappa shape index (κ2) is 8.87. The van der Waals surface area contributed by atoms with E-state index in [-0.39, 0.29) is 5.82 Å². The Morgan fingerprint density at radius 3 is 2.43 bits per heavy atom. The Morgan fingerprint density at radius 2 is 1.71 bits per heavy atom. The lowest BCUT2D eigenvalue weighted by Crippen LogP contribution is -2.35. The van der Waals surface area contributed by atoms with Crippen LogP contribution in [0.2, 0.25) is 0 Å². The van der Waals surface area contributed by atoms with Crippen LogP contribution in [0, 0.1) is 11.7 Å². The molecule has 0 spiro atoms. The second-order valence-corrected chi connectivity index (χ2v) is 8.94. The van der Waals surface area contributed by atoms with E-state index in [4.69, 9.17) is 20.1 Å². The van der Waals surface area contributed by atoms with Crippen molar-refractivity contribution in [1.29, 1.82) is 0 Å². The number of furan rings is 1. The molecule has 0 aliphatic carbocycles. The zero-order valence-corrected chi connectivity index (χ0v) is 19.1. The topological polar surface area (TPSA) is 86.0 Å². The molecule has 0 saturated carbocycles. The number of rotatable bonds is 5. The number of halogens is 1. The first-order valence-corrected chi connectivity index (χ1v) is 11.8. The minimum Gasteiger partial charge on any atom is -0.463 e. The third-order valence-electron chi connectivity index (χ3n) is 6.65. The maximum Gasteiger partial charge on any atom is 0.228 e. The van der Waals surface area contributed by atoms with E-state index in [2.05, 4.69) is 40.3 Å². The molecule has 1 aliphatic rings. The van der Waals surface area contributed by atoms with Crippen molar-refractivity contribution in [3.63, 3.8) is 0 Å². The van der Waals surface area contributed by atoms with Crippen molar-refractivity contribution in [2.45, 2.75) is 19.3 Å². The van der Waals surface area contributed by atoms with Gasteiger partial charge in [-0.05, 0) is 67.1 Å². The molecule has 0 unspecified atom stereocenters. The number of fused-ring (bicyclic) bond motifs is 1. The molecule has 0 atom stereocenters. The average Bonchev–Trinajstić information content (AvgIpc) is 3.54. The maximum absolute atomic E-state index is 13.5. The predicted molar refractivity (Wildman–Crippen MR) is 134 cm³/mol. The summed E-state index contributed by atoms with van der Waals surface area (Å²) in [5.41, 5.74) is 9.62. The predicted octanol–water partition coefficient (Wildman–Crippen LogP) is 5.26. The fourth-order valence-corrected chi connectivity index (χ4v) is 4.80. The van der Waals surface area contributed by atoms with Crippen LogP contribution in [0.3, 0.4) is 0 Å². The summed E-state index contributed by atoms with van der Waals surface area (Å²) in [5, 5.41) is 5.28. The first kappa shape index (κ1) is 21.3. The van der Waals surface area contributed by atoms with E-state index in [0.717, 1.165) is 32.4 Å². The quantitative estimate of drug-likeness (QED) is 0.379. The molecule has 3 aromatic heterocycles. The molecular weight excluding hydrogens is 443 g/mol. The summed E-state index contributed by atoms with van der Waals surface area (Å²) in [4.78, 5) is 11.9. The number of nitrogens with two attached hydrogens (primary N) is 1. The van der Waals surface area contributed by atoms with Gasteiger partial charge in [-0.3, -0.25) is 0 Å². The van der Waals surface area contributed by atoms with Crippen LogP contribution < -0.4 is 10.6 Å². The Balaban J connectivity index is 1.34. The van der Waals surface area contributed by atoms with E-state index < -0.39 is 0 Å². The minimum atomic E-state index is -0.321. The van der Waals surface area contributed by atoms with Crippen molar-refractivity contribution >= 4 is 22.8 Å². The number of aromatic nitrogens is 4. The molecule has 8 heteroatoms. The first-order chi connectivity index (χ1) is 17.2. The molecule has 4 heterocycles. The zero-order chi connectivity index (χ0) is 23.8. The van der Waals surface area contributed by atoms with Gasteiger partial charge in [0.25, 0.3) is 0 Å². The standard InChI is InChI=1S/C27H25FN6O/c28-20-8-10-21(11-9-20)34-25(29)23-24(22-7-4-16-35-22)30-27(31-26(23)32-34)33-14-12-19(13-15-33)17-18-5-2-1-3-6-18/h1-11,16,19H,12-15,17,29H2. The number of nitrogen functional groups attached to an aromatic ring is 1. The van der Waals surface area contributed by atoms with E-state index in [0.29, 0.717) is 45.9 Å². The van der Waals surface area contributed by atoms with Gasteiger partial charge in [-0.25, -0.2) is 14.1 Å². The summed E-state index contributed by atoms with van der Waals surface area (Å²) in [6.45, 7) is 1.74. The monoisotopic (exact) mass is 468 g/mol. The van der Waals surface area contributed by atoms with Crippen molar-refractivity contribution < 1.29 is 8.81 Å². The fourth-order valence-electron chi connectivity index (χ4n) is 4.80. The van der Waals surface area contributed by atoms with Crippen LogP contribution in [0.1, 0.15) is 18.4 Å². The molecule has 2 N–H and O–H groups in total. The molecule has 1 aliphatic heterocycles. The summed E-state index contributed by atoms with van der Waals surface area (Å²) < 4.78 is 20.7. The number of anilines is 2. The van der Waals surface area contributed by atoms with Crippen molar-refractivity contribution in [2.24, 2.45) is 5.92 Å². The molecule has 0 bridgehead atoms. The molecule has 2 aromatic carbocycles. The Labute approximate surface area is 202 Å². The Bertz CT molecular complexity index is 1440. The highest BCUT2D eigenvalue weighted by atomic mass is 19.1. The second-order valence-electron chi connectivity index (χ2n) is 8.94. The molecule has 0 amide bonds. The number of hydrogen-bond acceptors (Lipinski definition) is 6. The van der Waals surface area contributed by atoms with Crippen molar-refractivity contribution in [3.8, 4) is 17.1 Å². The van der Waals surface area contributed by atoms with E-state index in [9.17, 15) is 4.39 Å². The molecule has 176 valence electrons. The summed E-state index contributed by atoms with van der Waals surface area (Å²) in [7, 11) is 0. The highest BCUT2D eigenvalue weighted by Gasteiger charge is 2.25. The van der Waals surface area contributed by atoms with Crippen molar-refractivity contribution in [1.82, 2.24) is 19.7 Å². The molecular formula is C27H25FN6O. The first-order valence-electron chi connectivity index (χ1n) is 11.8. The largest absolute Gasteiger partial charge is 0.463 e. The van der Waals surface area contributed by atoms with E-state index in [1.807, 2.05) is 12.1 Å². The third kappa shape index (κ3) is 4.12. The van der Waals surface area contributed by atoms with E-state index >= 15 is 0 Å². The number of piperidine rings is 1. The molecule has 5 aromatic rings. The lowest BCUT2D eigenvalue weighted by atomic mass is 9.90. The molecule has 7 nitrogen and oxygen atoms in total. The summed E-state index contributed by atoms with van der Waals surface area (Å²) in [6.07, 6.45) is 4.83. The summed E-state index contributed by atoms with van der Waals surface area (Å²) >= 11 is 0. The van der Waals surface area contributed by atoms with Crippen LogP contribution >= 0.6 is 0 Å².